The average Bonchev–Trinajstić information content (AvgIpc) is 3.47. The summed E-state index contributed by atoms with van der Waals surface area (Å²) >= 11 is 5.38. The maximum Gasteiger partial charge on any atom is 0.248 e. The molecule has 2 bridgehead atoms. The van der Waals surface area contributed by atoms with Crippen LogP contribution in [0.15, 0.2) is 42.5 Å². The Morgan fingerprint density at radius 2 is 1.94 bits per heavy atom. The number of aliphatic hydroxyl groups is 1. The standard InChI is InChI=1S/C27H32BrN3O4S/c1-3-11-29-24(33)20-21-26(35)31(18(4-2)14-32)23(27(21)13-19(28)22(20)36-27)25(34)30-17-10-9-15-7-5-6-8-16(15)12-17/h5-10,12,18-23,32H,3-4,11,13-14H2,1-2H3,(H,29,33)(H,30,34)/t18-,19?,20-,21-,22-,23?,27?/m0/s1. The summed E-state index contributed by atoms with van der Waals surface area (Å²) in [7, 11) is 0. The van der Waals surface area contributed by atoms with Crippen LogP contribution in [-0.2, 0) is 14.4 Å². The van der Waals surface area contributed by atoms with Crippen molar-refractivity contribution in [3.05, 3.63) is 42.5 Å². The van der Waals surface area contributed by atoms with Gasteiger partial charge in [-0.3, -0.25) is 14.4 Å². The van der Waals surface area contributed by atoms with Crippen LogP contribution in [0.3, 0.4) is 0 Å². The highest BCUT2D eigenvalue weighted by molar-refractivity contribution is 9.09. The average molecular weight is 575 g/mol. The van der Waals surface area contributed by atoms with Crippen LogP contribution < -0.4 is 10.6 Å². The van der Waals surface area contributed by atoms with Gasteiger partial charge in [-0.1, -0.05) is 60.1 Å². The zero-order valence-corrected chi connectivity index (χ0v) is 22.8. The molecule has 0 saturated carbocycles. The van der Waals surface area contributed by atoms with Gasteiger partial charge in [-0.2, -0.15) is 0 Å². The molecule has 3 aliphatic heterocycles. The predicted molar refractivity (Wildman–Crippen MR) is 146 cm³/mol. The molecule has 0 radical (unpaired) electrons. The lowest BCUT2D eigenvalue weighted by molar-refractivity contribution is -0.142. The lowest BCUT2D eigenvalue weighted by Gasteiger charge is -2.37. The minimum absolute atomic E-state index is 0.0223. The van der Waals surface area contributed by atoms with Gasteiger partial charge in [-0.25, -0.2) is 0 Å². The third-order valence-electron chi connectivity index (χ3n) is 7.92. The zero-order valence-electron chi connectivity index (χ0n) is 20.4. The van der Waals surface area contributed by atoms with Gasteiger partial charge < -0.3 is 20.6 Å². The Kier molecular flexibility index (Phi) is 7.09. The fourth-order valence-corrected chi connectivity index (χ4v) is 9.92. The topological polar surface area (TPSA) is 98.7 Å². The Labute approximate surface area is 223 Å². The van der Waals surface area contributed by atoms with E-state index in [4.69, 9.17) is 0 Å². The van der Waals surface area contributed by atoms with Crippen molar-refractivity contribution in [2.45, 2.75) is 60.0 Å². The van der Waals surface area contributed by atoms with Gasteiger partial charge in [-0.05, 0) is 42.2 Å². The number of carbonyl (C=O) groups is 3. The molecule has 192 valence electrons. The van der Waals surface area contributed by atoms with E-state index in [1.165, 1.54) is 0 Å². The number of anilines is 1. The number of hydrogen-bond donors (Lipinski definition) is 3. The Morgan fingerprint density at radius 3 is 2.64 bits per heavy atom. The van der Waals surface area contributed by atoms with Crippen LogP contribution in [0, 0.1) is 11.8 Å². The Bertz CT molecular complexity index is 1190. The van der Waals surface area contributed by atoms with Crippen LogP contribution in [0.4, 0.5) is 5.69 Å². The number of likely N-dealkylation sites (tertiary alicyclic amines) is 1. The van der Waals surface area contributed by atoms with Crippen molar-refractivity contribution in [1.82, 2.24) is 10.2 Å². The molecular weight excluding hydrogens is 542 g/mol. The molecule has 5 rings (SSSR count). The van der Waals surface area contributed by atoms with Gasteiger partial charge in [0.05, 0.1) is 29.2 Å². The largest absolute Gasteiger partial charge is 0.394 e. The van der Waals surface area contributed by atoms with Gasteiger partial charge in [0.15, 0.2) is 0 Å². The Morgan fingerprint density at radius 1 is 1.19 bits per heavy atom. The van der Waals surface area contributed by atoms with E-state index in [-0.39, 0.29) is 34.4 Å². The zero-order chi connectivity index (χ0) is 25.6. The second-order valence-corrected chi connectivity index (χ2v) is 12.7. The van der Waals surface area contributed by atoms with Crippen LogP contribution in [0.2, 0.25) is 0 Å². The predicted octanol–water partition coefficient (Wildman–Crippen LogP) is 3.54. The van der Waals surface area contributed by atoms with E-state index in [0.717, 1.165) is 17.2 Å². The summed E-state index contributed by atoms with van der Waals surface area (Å²) < 4.78 is -0.729. The third-order valence-corrected chi connectivity index (χ3v) is 11.1. The number of benzene rings is 2. The number of halogens is 1. The van der Waals surface area contributed by atoms with E-state index in [2.05, 4.69) is 26.6 Å². The lowest BCUT2D eigenvalue weighted by atomic mass is 9.70. The quantitative estimate of drug-likeness (QED) is 0.419. The van der Waals surface area contributed by atoms with Crippen LogP contribution in [0.25, 0.3) is 10.8 Å². The number of amides is 3. The van der Waals surface area contributed by atoms with Crippen molar-refractivity contribution in [2.24, 2.45) is 11.8 Å². The van der Waals surface area contributed by atoms with Crippen molar-refractivity contribution in [3.8, 4) is 0 Å². The number of carbonyl (C=O) groups excluding carboxylic acids is 3. The summed E-state index contributed by atoms with van der Waals surface area (Å²) in [6.07, 6.45) is 1.94. The van der Waals surface area contributed by atoms with Gasteiger partial charge in [0.1, 0.15) is 6.04 Å². The van der Waals surface area contributed by atoms with Gasteiger partial charge in [0.25, 0.3) is 0 Å². The molecule has 2 aromatic rings. The molecular formula is C27H32BrN3O4S. The van der Waals surface area contributed by atoms with Gasteiger partial charge in [0, 0.05) is 22.3 Å². The molecule has 3 amide bonds. The first kappa shape index (κ1) is 25.5. The fraction of sp³-hybridized carbons (Fsp3) is 0.519. The first-order chi connectivity index (χ1) is 17.4. The molecule has 0 aromatic heterocycles. The van der Waals surface area contributed by atoms with Crippen molar-refractivity contribution in [1.29, 1.82) is 0 Å². The molecule has 3 aliphatic rings. The number of thioether (sulfide) groups is 1. The molecule has 3 heterocycles. The smallest absolute Gasteiger partial charge is 0.248 e. The van der Waals surface area contributed by atoms with E-state index < -0.39 is 28.7 Å². The number of aliphatic hydroxyl groups excluding tert-OH is 1. The highest BCUT2D eigenvalue weighted by atomic mass is 79.9. The first-order valence-electron chi connectivity index (χ1n) is 12.7. The first-order valence-corrected chi connectivity index (χ1v) is 14.5. The monoisotopic (exact) mass is 573 g/mol. The van der Waals surface area contributed by atoms with Crippen LogP contribution in [0.5, 0.6) is 0 Å². The molecule has 7 atom stereocenters. The Balaban J connectivity index is 1.53. The number of nitrogens with zero attached hydrogens (tertiary/aromatic N) is 1. The van der Waals surface area contributed by atoms with Crippen molar-refractivity contribution < 1.29 is 19.5 Å². The second kappa shape index (κ2) is 9.99. The summed E-state index contributed by atoms with van der Waals surface area (Å²) in [5.74, 6) is -1.68. The summed E-state index contributed by atoms with van der Waals surface area (Å²) in [5.41, 5.74) is 0.660. The normalized spacial score (nSPS) is 31.5. The number of rotatable bonds is 8. The van der Waals surface area contributed by atoms with E-state index in [1.807, 2.05) is 56.3 Å². The minimum atomic E-state index is -0.780. The molecule has 3 fully saturated rings. The van der Waals surface area contributed by atoms with Gasteiger partial charge in [-0.15, -0.1) is 11.8 Å². The highest BCUT2D eigenvalue weighted by Crippen LogP contribution is 2.68. The van der Waals surface area contributed by atoms with Crippen LogP contribution in [-0.4, -0.2) is 67.8 Å². The molecule has 3 N–H and O–H groups in total. The van der Waals surface area contributed by atoms with Gasteiger partial charge in [0.2, 0.25) is 17.7 Å². The second-order valence-electron chi connectivity index (χ2n) is 10.00. The summed E-state index contributed by atoms with van der Waals surface area (Å²) in [6.45, 7) is 4.22. The fourth-order valence-electron chi connectivity index (χ4n) is 6.32. The van der Waals surface area contributed by atoms with Crippen LogP contribution in [0.1, 0.15) is 33.1 Å². The SMILES string of the molecule is CCCNC(=O)[C@H]1[C@H]2C(=O)N([C@@H](CC)CO)C(C(=O)Nc3ccc4ccccc4c3)C23CC(Br)[C@@H]1S3. The van der Waals surface area contributed by atoms with Gasteiger partial charge >= 0.3 is 0 Å². The number of nitrogens with one attached hydrogen (secondary N) is 2. The number of fused-ring (bicyclic) bond motifs is 2. The summed E-state index contributed by atoms with van der Waals surface area (Å²) in [5, 5.41) is 18.2. The maximum atomic E-state index is 14.0. The van der Waals surface area contributed by atoms with Crippen molar-refractivity contribution in [2.75, 3.05) is 18.5 Å². The van der Waals surface area contributed by atoms with E-state index in [1.54, 1.807) is 16.7 Å². The molecule has 2 aromatic carbocycles. The molecule has 0 aliphatic carbocycles. The summed E-state index contributed by atoms with van der Waals surface area (Å²) in [6, 6.07) is 12.4. The third kappa shape index (κ3) is 3.94. The molecule has 7 nitrogen and oxygen atoms in total. The molecule has 3 unspecified atom stereocenters. The van der Waals surface area contributed by atoms with Crippen LogP contribution >= 0.6 is 27.7 Å². The van der Waals surface area contributed by atoms with E-state index in [9.17, 15) is 19.5 Å². The minimum Gasteiger partial charge on any atom is -0.394 e. The lowest BCUT2D eigenvalue weighted by Crippen LogP contribution is -2.55. The highest BCUT2D eigenvalue weighted by Gasteiger charge is 2.76. The Hall–Kier alpha value is -2.10. The van der Waals surface area contributed by atoms with E-state index >= 15 is 0 Å². The van der Waals surface area contributed by atoms with E-state index in [0.29, 0.717) is 25.1 Å². The van der Waals surface area contributed by atoms with Crippen molar-refractivity contribution in [3.63, 3.8) is 0 Å². The maximum absolute atomic E-state index is 14.0. The molecule has 36 heavy (non-hydrogen) atoms. The molecule has 1 spiro atoms. The summed E-state index contributed by atoms with van der Waals surface area (Å²) in [4.78, 5) is 42.9. The molecule has 3 saturated heterocycles. The van der Waals surface area contributed by atoms with Crippen molar-refractivity contribution >= 4 is 61.9 Å². The number of alkyl halides is 1. The number of hydrogen-bond acceptors (Lipinski definition) is 5. The molecule has 9 heteroatoms.